The number of carbonyl (C=O) groups excluding carboxylic acids is 1. The lowest BCUT2D eigenvalue weighted by Crippen LogP contribution is -2.22. The van der Waals surface area contributed by atoms with Crippen molar-refractivity contribution in [3.05, 3.63) is 0 Å². The predicted molar refractivity (Wildman–Crippen MR) is 61.1 cm³/mol. The molecule has 0 spiro atoms. The first kappa shape index (κ1) is 10.7. The number of anilines is 1. The van der Waals surface area contributed by atoms with Crippen molar-refractivity contribution in [3.63, 3.8) is 0 Å². The molecule has 1 aromatic rings. The van der Waals surface area contributed by atoms with Crippen molar-refractivity contribution in [1.82, 2.24) is 10.2 Å². The van der Waals surface area contributed by atoms with E-state index in [2.05, 4.69) is 15.5 Å². The Hall–Kier alpha value is -0.820. The van der Waals surface area contributed by atoms with Gasteiger partial charge in [0.2, 0.25) is 11.0 Å². The van der Waals surface area contributed by atoms with Gasteiger partial charge >= 0.3 is 0 Å². The number of carbonyl (C=O) groups is 1. The molecule has 3 N–H and O–H groups in total. The van der Waals surface area contributed by atoms with Gasteiger partial charge in [-0.3, -0.25) is 4.79 Å². The second-order valence-corrected chi connectivity index (χ2v) is 6.02. The standard InChI is InChI=1S/C8H12N4OS2/c1-4(6(9)13)14-8-12-11-7(15-8)10-5-2-3-5/h4-5H,2-3H2,1H3,(H2,9,13)(H,10,11). The Labute approximate surface area is 95.8 Å². The number of nitrogens with one attached hydrogen (secondary N) is 1. The van der Waals surface area contributed by atoms with Gasteiger partial charge in [-0.1, -0.05) is 23.1 Å². The average Bonchev–Trinajstić information content (AvgIpc) is 2.87. The number of nitrogens with two attached hydrogens (primary N) is 1. The molecule has 15 heavy (non-hydrogen) atoms. The molecule has 1 unspecified atom stereocenters. The van der Waals surface area contributed by atoms with E-state index in [-0.39, 0.29) is 11.2 Å². The highest BCUT2D eigenvalue weighted by molar-refractivity contribution is 8.02. The number of amides is 1. The summed E-state index contributed by atoms with van der Waals surface area (Å²) in [5, 5.41) is 11.8. The molecule has 0 radical (unpaired) electrons. The maximum Gasteiger partial charge on any atom is 0.230 e. The number of primary amides is 1. The Morgan fingerprint density at radius 3 is 3.00 bits per heavy atom. The molecule has 82 valence electrons. The lowest BCUT2D eigenvalue weighted by atomic mass is 10.5. The topological polar surface area (TPSA) is 80.9 Å². The molecule has 0 saturated heterocycles. The fraction of sp³-hybridized carbons (Fsp3) is 0.625. The number of nitrogens with zero attached hydrogens (tertiary/aromatic N) is 2. The molecule has 1 aliphatic carbocycles. The van der Waals surface area contributed by atoms with Crippen LogP contribution < -0.4 is 11.1 Å². The molecule has 1 fully saturated rings. The van der Waals surface area contributed by atoms with Gasteiger partial charge in [0, 0.05) is 6.04 Å². The van der Waals surface area contributed by atoms with E-state index in [0.717, 1.165) is 9.47 Å². The fourth-order valence-electron chi connectivity index (χ4n) is 0.927. The SMILES string of the molecule is CC(Sc1nnc(NC2CC2)s1)C(N)=O. The summed E-state index contributed by atoms with van der Waals surface area (Å²) < 4.78 is 0.782. The summed E-state index contributed by atoms with van der Waals surface area (Å²) in [6, 6.07) is 0.573. The molecule has 0 aliphatic heterocycles. The predicted octanol–water partition coefficient (Wildman–Crippen LogP) is 1.08. The summed E-state index contributed by atoms with van der Waals surface area (Å²) in [7, 11) is 0. The lowest BCUT2D eigenvalue weighted by molar-refractivity contribution is -0.117. The third kappa shape index (κ3) is 3.07. The van der Waals surface area contributed by atoms with Crippen molar-refractivity contribution in [2.75, 3.05) is 5.32 Å². The Morgan fingerprint density at radius 1 is 1.67 bits per heavy atom. The van der Waals surface area contributed by atoms with E-state index < -0.39 is 0 Å². The molecule has 5 nitrogen and oxygen atoms in total. The normalized spacial score (nSPS) is 17.4. The van der Waals surface area contributed by atoms with Crippen LogP contribution in [0.5, 0.6) is 0 Å². The van der Waals surface area contributed by atoms with Crippen LogP contribution in [0, 0.1) is 0 Å². The van der Waals surface area contributed by atoms with Crippen molar-refractivity contribution in [1.29, 1.82) is 0 Å². The van der Waals surface area contributed by atoms with E-state index in [4.69, 9.17) is 5.73 Å². The van der Waals surface area contributed by atoms with Crippen molar-refractivity contribution in [2.24, 2.45) is 5.73 Å². The molecule has 1 aromatic heterocycles. The first-order valence-corrected chi connectivity index (χ1v) is 6.41. The van der Waals surface area contributed by atoms with Crippen molar-refractivity contribution >= 4 is 34.1 Å². The van der Waals surface area contributed by atoms with Gasteiger partial charge in [-0.25, -0.2) is 0 Å². The quantitative estimate of drug-likeness (QED) is 0.757. The van der Waals surface area contributed by atoms with E-state index in [1.807, 2.05) is 0 Å². The van der Waals surface area contributed by atoms with Gasteiger partial charge in [-0.05, 0) is 19.8 Å². The maximum absolute atomic E-state index is 10.8. The molecular formula is C8H12N4OS2. The van der Waals surface area contributed by atoms with E-state index >= 15 is 0 Å². The number of hydrogen-bond donors (Lipinski definition) is 2. The Morgan fingerprint density at radius 2 is 2.40 bits per heavy atom. The zero-order valence-electron chi connectivity index (χ0n) is 8.27. The van der Waals surface area contributed by atoms with Gasteiger partial charge in [0.15, 0.2) is 4.34 Å². The van der Waals surface area contributed by atoms with Crippen molar-refractivity contribution < 1.29 is 4.79 Å². The van der Waals surface area contributed by atoms with Crippen LogP contribution in [0.2, 0.25) is 0 Å². The zero-order valence-corrected chi connectivity index (χ0v) is 9.90. The zero-order chi connectivity index (χ0) is 10.8. The Bertz CT molecular complexity index is 363. The molecule has 1 heterocycles. The summed E-state index contributed by atoms with van der Waals surface area (Å²) >= 11 is 2.82. The van der Waals surface area contributed by atoms with Crippen LogP contribution in [-0.4, -0.2) is 27.4 Å². The summed E-state index contributed by atoms with van der Waals surface area (Å²) in [5.74, 6) is -0.327. The highest BCUT2D eigenvalue weighted by atomic mass is 32.2. The van der Waals surface area contributed by atoms with Crippen LogP contribution in [0.4, 0.5) is 5.13 Å². The number of aromatic nitrogens is 2. The third-order valence-corrected chi connectivity index (χ3v) is 4.05. The first-order valence-electron chi connectivity index (χ1n) is 4.71. The minimum absolute atomic E-state index is 0.258. The van der Waals surface area contributed by atoms with E-state index in [1.54, 1.807) is 6.92 Å². The number of rotatable bonds is 5. The Balaban J connectivity index is 1.90. The van der Waals surface area contributed by atoms with Crippen molar-refractivity contribution in [3.8, 4) is 0 Å². The smallest absolute Gasteiger partial charge is 0.230 e. The average molecular weight is 244 g/mol. The summed E-state index contributed by atoms with van der Waals surface area (Å²) in [5.41, 5.74) is 5.16. The van der Waals surface area contributed by atoms with Crippen LogP contribution in [0.3, 0.4) is 0 Å². The van der Waals surface area contributed by atoms with Crippen LogP contribution in [0.1, 0.15) is 19.8 Å². The molecule has 1 atom stereocenters. The van der Waals surface area contributed by atoms with Crippen molar-refractivity contribution in [2.45, 2.75) is 35.4 Å². The Kier molecular flexibility index (Phi) is 3.11. The van der Waals surface area contributed by atoms with E-state index in [9.17, 15) is 4.79 Å². The van der Waals surface area contributed by atoms with Gasteiger partial charge in [0.05, 0.1) is 5.25 Å². The van der Waals surface area contributed by atoms with Gasteiger partial charge in [0.1, 0.15) is 0 Å². The van der Waals surface area contributed by atoms with Gasteiger partial charge in [0.25, 0.3) is 0 Å². The van der Waals surface area contributed by atoms with Gasteiger partial charge < -0.3 is 11.1 Å². The highest BCUT2D eigenvalue weighted by Gasteiger charge is 2.22. The summed E-state index contributed by atoms with van der Waals surface area (Å²) in [4.78, 5) is 10.8. The van der Waals surface area contributed by atoms with Crippen LogP contribution >= 0.6 is 23.1 Å². The largest absolute Gasteiger partial charge is 0.369 e. The van der Waals surface area contributed by atoms with Crippen LogP contribution in [0.25, 0.3) is 0 Å². The number of hydrogen-bond acceptors (Lipinski definition) is 6. The van der Waals surface area contributed by atoms with Crippen LogP contribution in [0.15, 0.2) is 4.34 Å². The highest BCUT2D eigenvalue weighted by Crippen LogP contribution is 2.31. The lowest BCUT2D eigenvalue weighted by Gasteiger charge is -2.01. The molecule has 1 saturated carbocycles. The second kappa shape index (κ2) is 4.36. The van der Waals surface area contributed by atoms with E-state index in [0.29, 0.717) is 6.04 Å². The molecule has 1 aliphatic rings. The molecule has 0 bridgehead atoms. The third-order valence-electron chi connectivity index (χ3n) is 1.99. The number of thioether (sulfide) groups is 1. The molecule has 1 amide bonds. The van der Waals surface area contributed by atoms with Crippen LogP contribution in [-0.2, 0) is 4.79 Å². The monoisotopic (exact) mass is 244 g/mol. The maximum atomic E-state index is 10.8. The van der Waals surface area contributed by atoms with Gasteiger partial charge in [-0.15, -0.1) is 10.2 Å². The van der Waals surface area contributed by atoms with E-state index in [1.165, 1.54) is 35.9 Å². The fourth-order valence-corrected chi connectivity index (χ4v) is 2.85. The summed E-state index contributed by atoms with van der Waals surface area (Å²) in [6.45, 7) is 1.77. The minimum Gasteiger partial charge on any atom is -0.369 e. The summed E-state index contributed by atoms with van der Waals surface area (Å²) in [6.07, 6.45) is 2.42. The molecule has 2 rings (SSSR count). The molecule has 7 heteroatoms. The minimum atomic E-state index is -0.327. The molecular weight excluding hydrogens is 232 g/mol. The first-order chi connectivity index (χ1) is 7.15. The molecule has 0 aromatic carbocycles. The van der Waals surface area contributed by atoms with Gasteiger partial charge in [-0.2, -0.15) is 0 Å². The second-order valence-electron chi connectivity index (χ2n) is 3.45.